The molecule has 0 amide bonds. The van der Waals surface area contributed by atoms with Gasteiger partial charge in [-0.25, -0.2) is 0 Å². The third-order valence-corrected chi connectivity index (χ3v) is 4.72. The summed E-state index contributed by atoms with van der Waals surface area (Å²) < 4.78 is 22.8. The Bertz CT molecular complexity index is 726. The van der Waals surface area contributed by atoms with Crippen molar-refractivity contribution in [2.75, 3.05) is 13.7 Å². The van der Waals surface area contributed by atoms with Gasteiger partial charge in [0.2, 0.25) is 6.29 Å². The second-order valence-corrected chi connectivity index (χ2v) is 6.70. The molecule has 2 aromatic rings. The summed E-state index contributed by atoms with van der Waals surface area (Å²) in [5.74, 6) is 0. The Morgan fingerprint density at radius 3 is 2.21 bits per heavy atom. The van der Waals surface area contributed by atoms with Crippen molar-refractivity contribution in [2.24, 2.45) is 0 Å². The number of nitro groups is 1. The zero-order valence-corrected chi connectivity index (χ0v) is 15.8. The maximum Gasteiger partial charge on any atom is 0.265 e. The average molecular weight is 387 g/mol. The first kappa shape index (κ1) is 20.4. The predicted molar refractivity (Wildman–Crippen MR) is 102 cm³/mol. The first-order valence-corrected chi connectivity index (χ1v) is 9.26. The standard InChI is InChI=1S/C21H25NO6/c1-25-21-18(22(23)24)12-19(27-14-17-10-6-3-7-11-17)20(28-21)15-26-13-16-8-4-2-5-9-16/h2-11,18-21H,12-15H2,1H3/t18-,19-,20+,21+/m0/s1. The van der Waals surface area contributed by atoms with Crippen LogP contribution in [0, 0.1) is 10.1 Å². The van der Waals surface area contributed by atoms with Crippen LogP contribution in [0.3, 0.4) is 0 Å². The summed E-state index contributed by atoms with van der Waals surface area (Å²) >= 11 is 0. The number of rotatable bonds is 9. The highest BCUT2D eigenvalue weighted by atomic mass is 16.7. The fourth-order valence-corrected chi connectivity index (χ4v) is 3.22. The van der Waals surface area contributed by atoms with Crippen molar-refractivity contribution in [3.05, 3.63) is 81.9 Å². The topological polar surface area (TPSA) is 80.1 Å². The summed E-state index contributed by atoms with van der Waals surface area (Å²) in [6, 6.07) is 18.5. The summed E-state index contributed by atoms with van der Waals surface area (Å²) in [4.78, 5) is 11.0. The van der Waals surface area contributed by atoms with Crippen LogP contribution in [-0.2, 0) is 32.2 Å². The van der Waals surface area contributed by atoms with Crippen molar-refractivity contribution in [3.63, 3.8) is 0 Å². The van der Waals surface area contributed by atoms with Crippen LogP contribution >= 0.6 is 0 Å². The Morgan fingerprint density at radius 2 is 1.64 bits per heavy atom. The molecule has 0 aromatic heterocycles. The molecule has 0 unspecified atom stereocenters. The second kappa shape index (κ2) is 10.3. The van der Waals surface area contributed by atoms with Gasteiger partial charge in [-0.05, 0) is 11.1 Å². The van der Waals surface area contributed by atoms with E-state index in [0.717, 1.165) is 11.1 Å². The molecule has 4 atom stereocenters. The van der Waals surface area contributed by atoms with Crippen molar-refractivity contribution in [2.45, 2.75) is 44.2 Å². The van der Waals surface area contributed by atoms with Gasteiger partial charge in [-0.3, -0.25) is 10.1 Å². The van der Waals surface area contributed by atoms with Crippen molar-refractivity contribution in [1.82, 2.24) is 0 Å². The molecular formula is C21H25NO6. The zero-order chi connectivity index (χ0) is 19.8. The number of nitrogens with zero attached hydrogens (tertiary/aromatic N) is 1. The molecule has 0 aliphatic carbocycles. The minimum atomic E-state index is -0.976. The van der Waals surface area contributed by atoms with E-state index in [1.165, 1.54) is 7.11 Å². The first-order chi connectivity index (χ1) is 13.7. The summed E-state index contributed by atoms with van der Waals surface area (Å²) in [5, 5.41) is 11.4. The van der Waals surface area contributed by atoms with Gasteiger partial charge in [0.05, 0.1) is 25.9 Å². The molecule has 0 N–H and O–H groups in total. The van der Waals surface area contributed by atoms with Crippen LogP contribution in [-0.4, -0.2) is 43.2 Å². The molecule has 1 heterocycles. The molecular weight excluding hydrogens is 362 g/mol. The third-order valence-electron chi connectivity index (χ3n) is 4.72. The lowest BCUT2D eigenvalue weighted by Crippen LogP contribution is -2.53. The van der Waals surface area contributed by atoms with Crippen molar-refractivity contribution < 1.29 is 23.9 Å². The molecule has 1 aliphatic rings. The van der Waals surface area contributed by atoms with E-state index in [9.17, 15) is 10.1 Å². The van der Waals surface area contributed by atoms with Crippen LogP contribution < -0.4 is 0 Å². The molecule has 1 saturated heterocycles. The molecule has 0 spiro atoms. The summed E-state index contributed by atoms with van der Waals surface area (Å²) in [7, 11) is 1.41. The SMILES string of the molecule is CO[C@@H]1O[C@H](COCc2ccccc2)[C@@H](OCc2ccccc2)C[C@@H]1[N+](=O)[O-]. The van der Waals surface area contributed by atoms with E-state index in [-0.39, 0.29) is 18.0 Å². The van der Waals surface area contributed by atoms with E-state index in [4.69, 9.17) is 18.9 Å². The Balaban J connectivity index is 1.63. The van der Waals surface area contributed by atoms with E-state index in [1.54, 1.807) is 0 Å². The molecule has 150 valence electrons. The fourth-order valence-electron chi connectivity index (χ4n) is 3.22. The highest BCUT2D eigenvalue weighted by molar-refractivity contribution is 5.14. The van der Waals surface area contributed by atoms with Crippen LogP contribution in [0.15, 0.2) is 60.7 Å². The molecule has 1 fully saturated rings. The highest BCUT2D eigenvalue weighted by Gasteiger charge is 2.45. The van der Waals surface area contributed by atoms with Crippen LogP contribution in [0.25, 0.3) is 0 Å². The van der Waals surface area contributed by atoms with Crippen molar-refractivity contribution in [3.8, 4) is 0 Å². The van der Waals surface area contributed by atoms with Crippen LogP contribution in [0.2, 0.25) is 0 Å². The largest absolute Gasteiger partial charge is 0.374 e. The molecule has 1 aliphatic heterocycles. The van der Waals surface area contributed by atoms with E-state index in [0.29, 0.717) is 13.2 Å². The third kappa shape index (κ3) is 5.59. The monoisotopic (exact) mass is 387 g/mol. The smallest absolute Gasteiger partial charge is 0.265 e. The van der Waals surface area contributed by atoms with Gasteiger partial charge in [0.15, 0.2) is 0 Å². The van der Waals surface area contributed by atoms with Gasteiger partial charge in [-0.1, -0.05) is 60.7 Å². The molecule has 3 rings (SSSR count). The molecule has 2 aromatic carbocycles. The molecule has 28 heavy (non-hydrogen) atoms. The van der Waals surface area contributed by atoms with Gasteiger partial charge < -0.3 is 18.9 Å². The van der Waals surface area contributed by atoms with Crippen LogP contribution in [0.1, 0.15) is 17.5 Å². The number of ether oxygens (including phenoxy) is 4. The van der Waals surface area contributed by atoms with Crippen LogP contribution in [0.4, 0.5) is 0 Å². The highest BCUT2D eigenvalue weighted by Crippen LogP contribution is 2.26. The molecule has 0 bridgehead atoms. The lowest BCUT2D eigenvalue weighted by atomic mass is 10.0. The van der Waals surface area contributed by atoms with E-state index >= 15 is 0 Å². The minimum Gasteiger partial charge on any atom is -0.374 e. The number of methoxy groups -OCH3 is 1. The van der Waals surface area contributed by atoms with Gasteiger partial charge in [-0.2, -0.15) is 0 Å². The molecule has 7 heteroatoms. The summed E-state index contributed by atoms with van der Waals surface area (Å²) in [6.07, 6.45) is -1.62. The van der Waals surface area contributed by atoms with Crippen LogP contribution in [0.5, 0.6) is 0 Å². The molecule has 0 saturated carbocycles. The van der Waals surface area contributed by atoms with E-state index < -0.39 is 24.5 Å². The average Bonchev–Trinajstić information content (AvgIpc) is 2.73. The molecule has 0 radical (unpaired) electrons. The summed E-state index contributed by atoms with van der Waals surface area (Å²) in [6.45, 7) is 1.05. The lowest BCUT2D eigenvalue weighted by Gasteiger charge is -2.36. The van der Waals surface area contributed by atoms with Crippen molar-refractivity contribution >= 4 is 0 Å². The summed E-state index contributed by atoms with van der Waals surface area (Å²) in [5.41, 5.74) is 2.05. The normalized spacial score (nSPS) is 24.8. The fraction of sp³-hybridized carbons (Fsp3) is 0.429. The maximum atomic E-state index is 11.4. The van der Waals surface area contributed by atoms with Gasteiger partial charge in [-0.15, -0.1) is 0 Å². The Labute approximate surface area is 164 Å². The number of benzene rings is 2. The number of hydrogen-bond acceptors (Lipinski definition) is 6. The van der Waals surface area contributed by atoms with Gasteiger partial charge in [0.25, 0.3) is 6.04 Å². The van der Waals surface area contributed by atoms with Gasteiger partial charge in [0.1, 0.15) is 6.10 Å². The predicted octanol–water partition coefficient (Wildman–Crippen LogP) is 3.20. The van der Waals surface area contributed by atoms with Gasteiger partial charge in [0, 0.05) is 18.5 Å². The lowest BCUT2D eigenvalue weighted by molar-refractivity contribution is -0.561. The zero-order valence-electron chi connectivity index (χ0n) is 15.8. The Hall–Kier alpha value is -2.32. The second-order valence-electron chi connectivity index (χ2n) is 6.70. The van der Waals surface area contributed by atoms with Gasteiger partial charge >= 0.3 is 0 Å². The van der Waals surface area contributed by atoms with Crippen molar-refractivity contribution in [1.29, 1.82) is 0 Å². The Morgan fingerprint density at radius 1 is 1.04 bits per heavy atom. The quantitative estimate of drug-likeness (QED) is 0.486. The van der Waals surface area contributed by atoms with E-state index in [2.05, 4.69) is 0 Å². The van der Waals surface area contributed by atoms with E-state index in [1.807, 2.05) is 60.7 Å². The number of hydrogen-bond donors (Lipinski definition) is 0. The Kier molecular flexibility index (Phi) is 7.50. The first-order valence-electron chi connectivity index (χ1n) is 9.26. The maximum absolute atomic E-state index is 11.4. The minimum absolute atomic E-state index is 0.206. The molecule has 7 nitrogen and oxygen atoms in total.